The van der Waals surface area contributed by atoms with Gasteiger partial charge in [0.15, 0.2) is 0 Å². The molecule has 200 valence electrons. The highest BCUT2D eigenvalue weighted by molar-refractivity contribution is 6.05. The van der Waals surface area contributed by atoms with Crippen molar-refractivity contribution in [2.24, 2.45) is 5.73 Å². The van der Waals surface area contributed by atoms with Gasteiger partial charge >= 0.3 is 6.18 Å². The average molecular weight is 531 g/mol. The number of nitrogens with two attached hydrogens (primary N) is 2. The molecule has 2 aromatic heterocycles. The highest BCUT2D eigenvalue weighted by Gasteiger charge is 2.31. The van der Waals surface area contributed by atoms with Crippen molar-refractivity contribution in [3.05, 3.63) is 59.3 Å². The van der Waals surface area contributed by atoms with Gasteiger partial charge in [0.1, 0.15) is 29.5 Å². The number of hydrogen-bond acceptors (Lipinski definition) is 7. The van der Waals surface area contributed by atoms with E-state index in [0.29, 0.717) is 24.9 Å². The molecule has 1 fully saturated rings. The van der Waals surface area contributed by atoms with Gasteiger partial charge in [0.25, 0.3) is 11.8 Å². The Kier molecular flexibility index (Phi) is 7.35. The summed E-state index contributed by atoms with van der Waals surface area (Å²) >= 11 is 0. The minimum Gasteiger partial charge on any atom is -0.387 e. The van der Waals surface area contributed by atoms with Crippen LogP contribution in [0, 0.1) is 0 Å². The fraction of sp³-hybridized carbons (Fsp3) is 0.292. The molecule has 38 heavy (non-hydrogen) atoms. The number of nitrogens with zero attached hydrogens (tertiary/aromatic N) is 4. The number of carbonyl (C=O) groups excluding carboxylic acids is 3. The quantitative estimate of drug-likeness (QED) is 0.377. The van der Waals surface area contributed by atoms with Gasteiger partial charge in [0.2, 0.25) is 5.91 Å². The Hall–Kier alpha value is -4.46. The second kappa shape index (κ2) is 10.5. The lowest BCUT2D eigenvalue weighted by atomic mass is 10.0. The number of halogens is 3. The average Bonchev–Trinajstić information content (AvgIpc) is 3.25. The second-order valence-corrected chi connectivity index (χ2v) is 8.67. The molecule has 0 bridgehead atoms. The molecule has 4 rings (SSSR count). The van der Waals surface area contributed by atoms with Crippen molar-refractivity contribution in [3.63, 3.8) is 0 Å². The first-order valence-corrected chi connectivity index (χ1v) is 11.5. The number of amides is 3. The van der Waals surface area contributed by atoms with Crippen LogP contribution in [0.4, 0.5) is 24.8 Å². The van der Waals surface area contributed by atoms with Gasteiger partial charge in [0.05, 0.1) is 11.6 Å². The zero-order chi connectivity index (χ0) is 27.6. The summed E-state index contributed by atoms with van der Waals surface area (Å²) in [5.74, 6) is -2.18. The van der Waals surface area contributed by atoms with E-state index >= 15 is 0 Å². The molecule has 3 amide bonds. The van der Waals surface area contributed by atoms with Crippen molar-refractivity contribution >= 4 is 29.4 Å². The van der Waals surface area contributed by atoms with Crippen LogP contribution < -0.4 is 16.8 Å². The minimum atomic E-state index is -4.59. The van der Waals surface area contributed by atoms with Gasteiger partial charge < -0.3 is 26.8 Å². The molecule has 11 nitrogen and oxygen atoms in total. The lowest BCUT2D eigenvalue weighted by Gasteiger charge is -2.32. The normalized spacial score (nSPS) is 15.8. The fourth-order valence-corrected chi connectivity index (χ4v) is 4.29. The van der Waals surface area contributed by atoms with E-state index in [0.717, 1.165) is 18.3 Å². The number of nitrogens with one attached hydrogen (secondary N) is 1. The summed E-state index contributed by atoms with van der Waals surface area (Å²) in [4.78, 5) is 42.0. The number of aliphatic hydroxyl groups is 1. The van der Waals surface area contributed by atoms with Gasteiger partial charge in [-0.3, -0.25) is 14.4 Å². The highest BCUT2D eigenvalue weighted by Crippen LogP contribution is 2.33. The number of rotatable bonds is 6. The maximum absolute atomic E-state index is 12.9. The molecule has 14 heteroatoms. The third-order valence-electron chi connectivity index (χ3n) is 6.17. The number of hydrogen-bond donors (Lipinski definition) is 4. The number of nitrogen functional groups attached to an aromatic ring is 1. The van der Waals surface area contributed by atoms with E-state index in [1.165, 1.54) is 33.8 Å². The SMILES string of the molecule is NC(=O)c1c(-c2ccc(C(=O)Nc3cc(C(F)(F)F)ccn3)cc2)nn(C2CCCN(C(=O)CO)C2)c1N. The van der Waals surface area contributed by atoms with Crippen LogP contribution in [-0.4, -0.2) is 62.2 Å². The smallest absolute Gasteiger partial charge is 0.387 e. The van der Waals surface area contributed by atoms with Gasteiger partial charge in [0, 0.05) is 30.4 Å². The van der Waals surface area contributed by atoms with Crippen LogP contribution in [0.15, 0.2) is 42.6 Å². The maximum Gasteiger partial charge on any atom is 0.416 e. The van der Waals surface area contributed by atoms with E-state index in [1.54, 1.807) is 0 Å². The molecule has 1 aliphatic rings. The van der Waals surface area contributed by atoms with Crippen molar-refractivity contribution in [3.8, 4) is 11.3 Å². The molecule has 0 aliphatic carbocycles. The van der Waals surface area contributed by atoms with Crippen molar-refractivity contribution in [1.82, 2.24) is 19.7 Å². The van der Waals surface area contributed by atoms with Crippen molar-refractivity contribution in [1.29, 1.82) is 0 Å². The van der Waals surface area contributed by atoms with Gasteiger partial charge in [-0.15, -0.1) is 0 Å². The number of carbonyl (C=O) groups is 3. The van der Waals surface area contributed by atoms with Crippen LogP contribution >= 0.6 is 0 Å². The van der Waals surface area contributed by atoms with Crippen LogP contribution in [0.25, 0.3) is 11.3 Å². The third-order valence-corrected chi connectivity index (χ3v) is 6.17. The standard InChI is InChI=1S/C24H24F3N7O4/c25-24(26,27)15-7-8-30-17(10-15)31-23(38)14-5-3-13(4-6-14)20-19(22(29)37)21(28)34(32-20)16-2-1-9-33(11-16)18(36)12-35/h3-8,10,16,35H,1-2,9,11-12,28H2,(H2,29,37)(H,30,31,38). The molecular weight excluding hydrogens is 507 g/mol. The number of alkyl halides is 3. The molecule has 1 saturated heterocycles. The van der Waals surface area contributed by atoms with Crippen LogP contribution in [0.3, 0.4) is 0 Å². The predicted molar refractivity (Wildman–Crippen MR) is 130 cm³/mol. The molecule has 0 spiro atoms. The summed E-state index contributed by atoms with van der Waals surface area (Å²) in [7, 11) is 0. The van der Waals surface area contributed by atoms with Crippen LogP contribution in [-0.2, 0) is 11.0 Å². The number of aliphatic hydroxyl groups excluding tert-OH is 1. The first-order chi connectivity index (χ1) is 18.0. The number of piperidine rings is 1. The molecule has 1 atom stereocenters. The second-order valence-electron chi connectivity index (χ2n) is 8.67. The zero-order valence-corrected chi connectivity index (χ0v) is 19.9. The highest BCUT2D eigenvalue weighted by atomic mass is 19.4. The van der Waals surface area contributed by atoms with Gasteiger partial charge in [-0.2, -0.15) is 18.3 Å². The molecule has 3 heterocycles. The number of anilines is 2. The molecule has 3 aromatic rings. The summed E-state index contributed by atoms with van der Waals surface area (Å²) < 4.78 is 40.2. The topological polar surface area (TPSA) is 169 Å². The van der Waals surface area contributed by atoms with E-state index in [4.69, 9.17) is 11.5 Å². The Morgan fingerprint density at radius 1 is 1.16 bits per heavy atom. The molecule has 1 aromatic carbocycles. The minimum absolute atomic E-state index is 0.0215. The number of likely N-dealkylation sites (tertiary alicyclic amines) is 1. The summed E-state index contributed by atoms with van der Waals surface area (Å²) in [5.41, 5.74) is 11.5. The maximum atomic E-state index is 12.9. The van der Waals surface area contributed by atoms with Crippen molar-refractivity contribution < 1.29 is 32.7 Å². The molecule has 0 radical (unpaired) electrons. The largest absolute Gasteiger partial charge is 0.416 e. The van der Waals surface area contributed by atoms with Crippen molar-refractivity contribution in [2.45, 2.75) is 25.1 Å². The molecule has 6 N–H and O–H groups in total. The Bertz CT molecular complexity index is 1370. The van der Waals surface area contributed by atoms with Crippen LogP contribution in [0.5, 0.6) is 0 Å². The number of pyridine rings is 1. The number of primary amides is 1. The Morgan fingerprint density at radius 3 is 2.50 bits per heavy atom. The lowest BCUT2D eigenvalue weighted by molar-refractivity contribution is -0.137. The summed E-state index contributed by atoms with van der Waals surface area (Å²) in [6.07, 6.45) is -2.38. The molecular formula is C24H24F3N7O4. The third kappa shape index (κ3) is 5.44. The first kappa shape index (κ1) is 26.6. The Balaban J connectivity index is 1.58. The monoisotopic (exact) mass is 531 g/mol. The fourth-order valence-electron chi connectivity index (χ4n) is 4.29. The summed E-state index contributed by atoms with van der Waals surface area (Å²) in [5, 5.41) is 16.0. The molecule has 1 aliphatic heterocycles. The van der Waals surface area contributed by atoms with Crippen LogP contribution in [0.2, 0.25) is 0 Å². The van der Waals surface area contributed by atoms with E-state index in [9.17, 15) is 32.7 Å². The Morgan fingerprint density at radius 2 is 1.87 bits per heavy atom. The van der Waals surface area contributed by atoms with Crippen LogP contribution in [0.1, 0.15) is 45.2 Å². The first-order valence-electron chi connectivity index (χ1n) is 11.5. The predicted octanol–water partition coefficient (Wildman–Crippen LogP) is 2.05. The molecule has 0 saturated carbocycles. The summed E-state index contributed by atoms with van der Waals surface area (Å²) in [6.45, 7) is 0.0978. The summed E-state index contributed by atoms with van der Waals surface area (Å²) in [6, 6.07) is 6.96. The van der Waals surface area contributed by atoms with E-state index in [1.807, 2.05) is 0 Å². The van der Waals surface area contributed by atoms with Gasteiger partial charge in [-0.1, -0.05) is 12.1 Å². The van der Waals surface area contributed by atoms with E-state index in [2.05, 4.69) is 15.4 Å². The number of benzene rings is 1. The van der Waals surface area contributed by atoms with E-state index < -0.39 is 36.1 Å². The van der Waals surface area contributed by atoms with Gasteiger partial charge in [-0.25, -0.2) is 9.67 Å². The van der Waals surface area contributed by atoms with E-state index in [-0.39, 0.29) is 41.0 Å². The van der Waals surface area contributed by atoms with Crippen molar-refractivity contribution in [2.75, 3.05) is 30.7 Å². The van der Waals surface area contributed by atoms with Gasteiger partial charge in [-0.05, 0) is 37.1 Å². The zero-order valence-electron chi connectivity index (χ0n) is 19.9. The Labute approximate surface area is 214 Å². The lowest BCUT2D eigenvalue weighted by Crippen LogP contribution is -2.42. The molecule has 1 unspecified atom stereocenters. The number of aromatic nitrogens is 3.